The lowest BCUT2D eigenvalue weighted by atomic mass is 10.1. The molecular formula is C17H17NO6. The summed E-state index contributed by atoms with van der Waals surface area (Å²) >= 11 is 0. The van der Waals surface area contributed by atoms with Gasteiger partial charge in [-0.05, 0) is 37.1 Å². The number of esters is 1. The maximum atomic E-state index is 12.0. The van der Waals surface area contributed by atoms with Crippen molar-refractivity contribution < 1.29 is 29.3 Å². The molecule has 0 aliphatic heterocycles. The predicted octanol–water partition coefficient (Wildman–Crippen LogP) is 2.39. The molecule has 0 saturated heterocycles. The highest BCUT2D eigenvalue weighted by Gasteiger charge is 2.21. The van der Waals surface area contributed by atoms with Crippen molar-refractivity contribution in [2.75, 3.05) is 7.11 Å². The van der Waals surface area contributed by atoms with E-state index in [4.69, 9.17) is 15.2 Å². The molecule has 0 unspecified atom stereocenters. The van der Waals surface area contributed by atoms with Gasteiger partial charge in [0, 0.05) is 12.1 Å². The maximum absolute atomic E-state index is 12.0. The van der Waals surface area contributed by atoms with Crippen molar-refractivity contribution in [2.24, 2.45) is 5.73 Å². The van der Waals surface area contributed by atoms with E-state index in [2.05, 4.69) is 0 Å². The first-order valence-electron chi connectivity index (χ1n) is 6.97. The standard InChI is InChI=1S/C17H17NO6/c1-8-4-10(19)6-12(14(8)16(18)21)24-13-7-11(20)5-9(2)15(13)17(22)23-3/h4-7,19-20H,1-3H3,(H2,18,21). The van der Waals surface area contributed by atoms with Crippen LogP contribution in [0.4, 0.5) is 0 Å². The molecular weight excluding hydrogens is 314 g/mol. The van der Waals surface area contributed by atoms with E-state index in [9.17, 15) is 19.8 Å². The third-order valence-corrected chi connectivity index (χ3v) is 3.42. The molecule has 24 heavy (non-hydrogen) atoms. The molecule has 0 aliphatic carbocycles. The summed E-state index contributed by atoms with van der Waals surface area (Å²) in [6.07, 6.45) is 0. The fraction of sp³-hybridized carbons (Fsp3) is 0.176. The zero-order chi connectivity index (χ0) is 18.0. The highest BCUT2D eigenvalue weighted by molar-refractivity contribution is 5.98. The minimum atomic E-state index is -0.751. The molecule has 2 aromatic carbocycles. The minimum Gasteiger partial charge on any atom is -0.508 e. The first kappa shape index (κ1) is 17.1. The summed E-state index contributed by atoms with van der Waals surface area (Å²) < 4.78 is 10.3. The van der Waals surface area contributed by atoms with Crippen LogP contribution in [-0.2, 0) is 4.74 Å². The Morgan fingerprint density at radius 1 is 0.917 bits per heavy atom. The molecule has 7 nitrogen and oxygen atoms in total. The van der Waals surface area contributed by atoms with Crippen molar-refractivity contribution in [1.29, 1.82) is 0 Å². The predicted molar refractivity (Wildman–Crippen MR) is 85.6 cm³/mol. The van der Waals surface area contributed by atoms with Crippen LogP contribution in [0.2, 0.25) is 0 Å². The molecule has 0 bridgehead atoms. The van der Waals surface area contributed by atoms with Crippen LogP contribution in [-0.4, -0.2) is 29.2 Å². The normalized spacial score (nSPS) is 10.3. The minimum absolute atomic E-state index is 0.0214. The van der Waals surface area contributed by atoms with Gasteiger partial charge in [-0.2, -0.15) is 0 Å². The number of phenolic OH excluding ortho intramolecular Hbond substituents is 2. The summed E-state index contributed by atoms with van der Waals surface area (Å²) in [5, 5.41) is 19.5. The first-order valence-corrected chi connectivity index (χ1v) is 6.97. The maximum Gasteiger partial charge on any atom is 0.341 e. The van der Waals surface area contributed by atoms with Crippen molar-refractivity contribution >= 4 is 11.9 Å². The summed E-state index contributed by atoms with van der Waals surface area (Å²) in [4.78, 5) is 23.7. The lowest BCUT2D eigenvalue weighted by Gasteiger charge is -2.16. The number of ether oxygens (including phenoxy) is 2. The summed E-state index contributed by atoms with van der Waals surface area (Å²) in [5.41, 5.74) is 6.35. The Bertz CT molecular complexity index is 828. The third kappa shape index (κ3) is 3.24. The Morgan fingerprint density at radius 3 is 1.83 bits per heavy atom. The summed E-state index contributed by atoms with van der Waals surface area (Å²) in [6.45, 7) is 3.18. The Hall–Kier alpha value is -3.22. The van der Waals surface area contributed by atoms with Crippen LogP contribution in [0.25, 0.3) is 0 Å². The van der Waals surface area contributed by atoms with Gasteiger partial charge in [-0.3, -0.25) is 4.79 Å². The highest BCUT2D eigenvalue weighted by Crippen LogP contribution is 2.36. The molecule has 0 aromatic heterocycles. The van der Waals surface area contributed by atoms with Crippen molar-refractivity contribution in [3.05, 3.63) is 46.5 Å². The monoisotopic (exact) mass is 331 g/mol. The number of amides is 1. The van der Waals surface area contributed by atoms with Gasteiger partial charge in [-0.25, -0.2) is 4.79 Å². The number of hydrogen-bond acceptors (Lipinski definition) is 6. The number of hydrogen-bond donors (Lipinski definition) is 3. The summed E-state index contributed by atoms with van der Waals surface area (Å²) in [5.74, 6) is -1.74. The van der Waals surface area contributed by atoms with Gasteiger partial charge in [0.1, 0.15) is 28.6 Å². The molecule has 0 fully saturated rings. The van der Waals surface area contributed by atoms with Crippen molar-refractivity contribution in [1.82, 2.24) is 0 Å². The number of benzene rings is 2. The topological polar surface area (TPSA) is 119 Å². The fourth-order valence-corrected chi connectivity index (χ4v) is 2.43. The molecule has 0 saturated carbocycles. The molecule has 1 amide bonds. The molecule has 0 atom stereocenters. The van der Waals surface area contributed by atoms with E-state index < -0.39 is 11.9 Å². The average molecular weight is 331 g/mol. The Morgan fingerprint density at radius 2 is 1.38 bits per heavy atom. The third-order valence-electron chi connectivity index (χ3n) is 3.42. The average Bonchev–Trinajstić information content (AvgIpc) is 2.44. The number of phenols is 2. The molecule has 0 heterocycles. The smallest absolute Gasteiger partial charge is 0.341 e. The molecule has 0 spiro atoms. The molecule has 7 heteroatoms. The van der Waals surface area contributed by atoms with Gasteiger partial charge in [-0.1, -0.05) is 0 Å². The lowest BCUT2D eigenvalue weighted by Crippen LogP contribution is -2.14. The number of carbonyl (C=O) groups excluding carboxylic acids is 2. The number of rotatable bonds is 4. The number of aromatic hydroxyl groups is 2. The number of aryl methyl sites for hydroxylation is 2. The first-order chi connectivity index (χ1) is 11.2. The van der Waals surface area contributed by atoms with Gasteiger partial charge >= 0.3 is 5.97 Å². The Kier molecular flexibility index (Phi) is 4.64. The van der Waals surface area contributed by atoms with E-state index in [1.165, 1.54) is 31.4 Å². The fourth-order valence-electron chi connectivity index (χ4n) is 2.43. The molecule has 2 aromatic rings. The molecule has 2 rings (SSSR count). The Labute approximate surface area is 138 Å². The molecule has 0 radical (unpaired) electrons. The number of carbonyl (C=O) groups is 2. The van der Waals surface area contributed by atoms with Crippen molar-refractivity contribution in [3.8, 4) is 23.0 Å². The lowest BCUT2D eigenvalue weighted by molar-refractivity contribution is 0.0597. The van der Waals surface area contributed by atoms with Gasteiger partial charge in [0.25, 0.3) is 5.91 Å². The zero-order valence-electron chi connectivity index (χ0n) is 13.4. The van der Waals surface area contributed by atoms with Crippen LogP contribution in [0, 0.1) is 13.8 Å². The number of methoxy groups -OCH3 is 1. The van der Waals surface area contributed by atoms with Crippen LogP contribution >= 0.6 is 0 Å². The van der Waals surface area contributed by atoms with E-state index in [0.29, 0.717) is 11.1 Å². The number of primary amides is 1. The van der Waals surface area contributed by atoms with Crippen molar-refractivity contribution in [3.63, 3.8) is 0 Å². The van der Waals surface area contributed by atoms with Gasteiger partial charge in [-0.15, -0.1) is 0 Å². The summed E-state index contributed by atoms with van der Waals surface area (Å²) in [7, 11) is 1.21. The molecule has 126 valence electrons. The molecule has 4 N–H and O–H groups in total. The van der Waals surface area contributed by atoms with Crippen LogP contribution in [0.3, 0.4) is 0 Å². The second-order valence-electron chi connectivity index (χ2n) is 5.23. The molecule has 0 aliphatic rings. The number of nitrogens with two attached hydrogens (primary N) is 1. The van der Waals surface area contributed by atoms with Gasteiger partial charge in [0.05, 0.1) is 12.7 Å². The van der Waals surface area contributed by atoms with E-state index in [1.807, 2.05) is 0 Å². The van der Waals surface area contributed by atoms with E-state index >= 15 is 0 Å². The van der Waals surface area contributed by atoms with Gasteiger partial charge in [0.15, 0.2) is 0 Å². The zero-order valence-corrected chi connectivity index (χ0v) is 13.4. The second kappa shape index (κ2) is 6.49. The quantitative estimate of drug-likeness (QED) is 0.740. The largest absolute Gasteiger partial charge is 0.508 e. The van der Waals surface area contributed by atoms with E-state index in [-0.39, 0.29) is 34.1 Å². The van der Waals surface area contributed by atoms with Crippen LogP contribution in [0.5, 0.6) is 23.0 Å². The van der Waals surface area contributed by atoms with Gasteiger partial charge < -0.3 is 25.4 Å². The van der Waals surface area contributed by atoms with Crippen LogP contribution in [0.1, 0.15) is 31.8 Å². The van der Waals surface area contributed by atoms with Crippen LogP contribution in [0.15, 0.2) is 24.3 Å². The highest BCUT2D eigenvalue weighted by atomic mass is 16.5. The van der Waals surface area contributed by atoms with E-state index in [0.717, 1.165) is 0 Å². The van der Waals surface area contributed by atoms with Crippen LogP contribution < -0.4 is 10.5 Å². The SMILES string of the molecule is COC(=O)c1c(C)cc(O)cc1Oc1cc(O)cc(C)c1C(N)=O. The second-order valence-corrected chi connectivity index (χ2v) is 5.23. The van der Waals surface area contributed by atoms with E-state index in [1.54, 1.807) is 13.8 Å². The van der Waals surface area contributed by atoms with Gasteiger partial charge in [0.2, 0.25) is 0 Å². The summed E-state index contributed by atoms with van der Waals surface area (Å²) in [6, 6.07) is 5.15. The Balaban J connectivity index is 2.64. The van der Waals surface area contributed by atoms with Crippen molar-refractivity contribution in [2.45, 2.75) is 13.8 Å².